The van der Waals surface area contributed by atoms with Crippen LogP contribution in [-0.2, 0) is 11.4 Å². The largest absolute Gasteiger partial charge is 0.484 e. The lowest BCUT2D eigenvalue weighted by molar-refractivity contribution is -0.139. The summed E-state index contributed by atoms with van der Waals surface area (Å²) in [5, 5.41) is 8.74. The average Bonchev–Trinajstić information content (AvgIpc) is 3.22. The van der Waals surface area contributed by atoms with Gasteiger partial charge in [0.1, 0.15) is 17.2 Å². The molecule has 0 atom stereocenters. The Hall–Kier alpha value is -4.06. The first-order chi connectivity index (χ1) is 14.7. The van der Waals surface area contributed by atoms with Crippen molar-refractivity contribution in [2.75, 3.05) is 6.61 Å². The van der Waals surface area contributed by atoms with Crippen molar-refractivity contribution < 1.29 is 23.8 Å². The number of oxazole rings is 1. The molecule has 3 aromatic carbocycles. The van der Waals surface area contributed by atoms with E-state index in [4.69, 9.17) is 19.0 Å². The molecule has 0 saturated heterocycles. The fraction of sp³-hybridized carbons (Fsp3) is 0.0833. The zero-order valence-electron chi connectivity index (χ0n) is 16.0. The van der Waals surface area contributed by atoms with Gasteiger partial charge in [-0.1, -0.05) is 66.7 Å². The molecule has 1 heterocycles. The number of aliphatic carboxylic acids is 1. The second-order valence-electron chi connectivity index (χ2n) is 6.46. The maximum atomic E-state index is 10.7. The lowest BCUT2D eigenvalue weighted by Crippen LogP contribution is -2.09. The second-order valence-corrected chi connectivity index (χ2v) is 6.46. The average molecular weight is 401 g/mol. The summed E-state index contributed by atoms with van der Waals surface area (Å²) in [5.74, 6) is 1.02. The van der Waals surface area contributed by atoms with Gasteiger partial charge in [-0.05, 0) is 12.1 Å². The number of carboxylic acids is 1. The molecule has 0 fully saturated rings. The van der Waals surface area contributed by atoms with Crippen molar-refractivity contribution in [3.63, 3.8) is 0 Å². The Morgan fingerprint density at radius 2 is 1.47 bits per heavy atom. The van der Waals surface area contributed by atoms with Crippen LogP contribution < -0.4 is 9.47 Å². The standard InChI is InChI=1S/C24H19NO5/c26-22(27)16-29-20-13-7-12-19(14-20)28-15-21-25-23(17-8-3-1-4-9-17)24(30-21)18-10-5-2-6-11-18/h1-14H,15-16H2,(H,26,27). The molecule has 1 N–H and O–H groups in total. The maximum absolute atomic E-state index is 10.7. The van der Waals surface area contributed by atoms with E-state index < -0.39 is 12.6 Å². The SMILES string of the molecule is O=C(O)COc1cccc(OCc2nc(-c3ccccc3)c(-c3ccccc3)o2)c1. The van der Waals surface area contributed by atoms with Crippen LogP contribution in [0.15, 0.2) is 89.3 Å². The fourth-order valence-electron chi connectivity index (χ4n) is 2.95. The van der Waals surface area contributed by atoms with Gasteiger partial charge in [-0.25, -0.2) is 9.78 Å². The molecule has 0 spiro atoms. The normalized spacial score (nSPS) is 10.5. The number of hydrogen-bond donors (Lipinski definition) is 1. The van der Waals surface area contributed by atoms with Crippen LogP contribution in [0.4, 0.5) is 0 Å². The first-order valence-electron chi connectivity index (χ1n) is 9.37. The van der Waals surface area contributed by atoms with Gasteiger partial charge >= 0.3 is 5.97 Å². The predicted octanol–water partition coefficient (Wildman–Crippen LogP) is 5.05. The molecule has 1 aromatic heterocycles. The molecule has 4 rings (SSSR count). The van der Waals surface area contributed by atoms with Crippen molar-refractivity contribution in [2.45, 2.75) is 6.61 Å². The quantitative estimate of drug-likeness (QED) is 0.445. The van der Waals surface area contributed by atoms with Crippen LogP contribution >= 0.6 is 0 Å². The Morgan fingerprint density at radius 1 is 0.833 bits per heavy atom. The Bertz CT molecular complexity index is 1070. The van der Waals surface area contributed by atoms with E-state index in [9.17, 15) is 4.79 Å². The van der Waals surface area contributed by atoms with Gasteiger partial charge in [0.05, 0.1) is 0 Å². The van der Waals surface area contributed by atoms with Gasteiger partial charge in [-0.2, -0.15) is 0 Å². The highest BCUT2D eigenvalue weighted by molar-refractivity contribution is 5.76. The van der Waals surface area contributed by atoms with Crippen molar-refractivity contribution >= 4 is 5.97 Å². The number of rotatable bonds is 8. The number of nitrogens with zero attached hydrogens (tertiary/aromatic N) is 1. The van der Waals surface area contributed by atoms with E-state index in [1.807, 2.05) is 60.7 Å². The molecule has 0 aliphatic carbocycles. The van der Waals surface area contributed by atoms with Crippen molar-refractivity contribution in [1.82, 2.24) is 4.98 Å². The molecule has 6 heteroatoms. The minimum absolute atomic E-state index is 0.120. The van der Waals surface area contributed by atoms with Crippen LogP contribution in [0.3, 0.4) is 0 Å². The smallest absolute Gasteiger partial charge is 0.341 e. The summed E-state index contributed by atoms with van der Waals surface area (Å²) in [5.41, 5.74) is 2.63. The Morgan fingerprint density at radius 3 is 2.13 bits per heavy atom. The first kappa shape index (κ1) is 19.3. The lowest BCUT2D eigenvalue weighted by Gasteiger charge is -2.07. The van der Waals surface area contributed by atoms with E-state index in [2.05, 4.69) is 4.98 Å². The maximum Gasteiger partial charge on any atom is 0.341 e. The molecule has 0 amide bonds. The minimum Gasteiger partial charge on any atom is -0.484 e. The summed E-state index contributed by atoms with van der Waals surface area (Å²) in [7, 11) is 0. The number of benzene rings is 3. The number of carbonyl (C=O) groups is 1. The minimum atomic E-state index is -1.04. The zero-order valence-corrected chi connectivity index (χ0v) is 16.0. The van der Waals surface area contributed by atoms with Crippen molar-refractivity contribution in [2.24, 2.45) is 0 Å². The van der Waals surface area contributed by atoms with E-state index in [0.717, 1.165) is 16.8 Å². The van der Waals surface area contributed by atoms with Gasteiger partial charge in [0, 0.05) is 17.2 Å². The molecule has 0 aliphatic heterocycles. The highest BCUT2D eigenvalue weighted by Gasteiger charge is 2.17. The molecule has 0 radical (unpaired) electrons. The number of aromatic nitrogens is 1. The Labute approximate surface area is 173 Å². The third-order valence-corrected chi connectivity index (χ3v) is 4.28. The van der Waals surface area contributed by atoms with Gasteiger partial charge in [0.15, 0.2) is 19.0 Å². The van der Waals surface area contributed by atoms with E-state index in [1.54, 1.807) is 24.3 Å². The van der Waals surface area contributed by atoms with Gasteiger partial charge in [-0.3, -0.25) is 0 Å². The third-order valence-electron chi connectivity index (χ3n) is 4.28. The summed E-state index contributed by atoms with van der Waals surface area (Å²) in [6.07, 6.45) is 0. The summed E-state index contributed by atoms with van der Waals surface area (Å²) in [6.45, 7) is -0.293. The van der Waals surface area contributed by atoms with Crippen LogP contribution in [0.5, 0.6) is 11.5 Å². The van der Waals surface area contributed by atoms with Gasteiger partial charge < -0.3 is 19.0 Å². The van der Waals surface area contributed by atoms with E-state index >= 15 is 0 Å². The highest BCUT2D eigenvalue weighted by atomic mass is 16.5. The van der Waals surface area contributed by atoms with Gasteiger partial charge in [-0.15, -0.1) is 0 Å². The van der Waals surface area contributed by atoms with Crippen molar-refractivity contribution in [3.05, 3.63) is 90.8 Å². The molecular weight excluding hydrogens is 382 g/mol. The molecule has 0 saturated carbocycles. The van der Waals surface area contributed by atoms with Crippen molar-refractivity contribution in [1.29, 1.82) is 0 Å². The summed E-state index contributed by atoms with van der Waals surface area (Å²) in [6, 6.07) is 26.4. The van der Waals surface area contributed by atoms with Crippen molar-refractivity contribution in [3.8, 4) is 34.1 Å². The lowest BCUT2D eigenvalue weighted by atomic mass is 10.1. The van der Waals surface area contributed by atoms with Crippen LogP contribution in [0.1, 0.15) is 5.89 Å². The molecule has 30 heavy (non-hydrogen) atoms. The van der Waals surface area contributed by atoms with Crippen LogP contribution in [-0.4, -0.2) is 22.7 Å². The molecule has 0 unspecified atom stereocenters. The van der Waals surface area contributed by atoms with E-state index in [-0.39, 0.29) is 6.61 Å². The first-order valence-corrected chi connectivity index (χ1v) is 9.37. The fourth-order valence-corrected chi connectivity index (χ4v) is 2.95. The summed E-state index contributed by atoms with van der Waals surface area (Å²) < 4.78 is 17.0. The second kappa shape index (κ2) is 8.96. The predicted molar refractivity (Wildman–Crippen MR) is 111 cm³/mol. The molecule has 0 bridgehead atoms. The molecule has 0 aliphatic rings. The Kier molecular flexibility index (Phi) is 5.75. The monoisotopic (exact) mass is 401 g/mol. The Balaban J connectivity index is 1.56. The summed E-state index contributed by atoms with van der Waals surface area (Å²) >= 11 is 0. The third kappa shape index (κ3) is 4.67. The summed E-state index contributed by atoms with van der Waals surface area (Å²) in [4.78, 5) is 15.3. The molecule has 6 nitrogen and oxygen atoms in total. The number of hydrogen-bond acceptors (Lipinski definition) is 5. The van der Waals surface area contributed by atoms with E-state index in [0.29, 0.717) is 23.1 Å². The molecule has 4 aromatic rings. The number of ether oxygens (including phenoxy) is 2. The van der Waals surface area contributed by atoms with Gasteiger partial charge in [0.25, 0.3) is 0 Å². The van der Waals surface area contributed by atoms with Crippen LogP contribution in [0, 0.1) is 0 Å². The van der Waals surface area contributed by atoms with Crippen LogP contribution in [0.2, 0.25) is 0 Å². The van der Waals surface area contributed by atoms with Crippen LogP contribution in [0.25, 0.3) is 22.6 Å². The topological polar surface area (TPSA) is 81.8 Å². The number of carboxylic acid groups (broad SMARTS) is 1. The van der Waals surface area contributed by atoms with E-state index in [1.165, 1.54) is 0 Å². The van der Waals surface area contributed by atoms with Gasteiger partial charge in [0.2, 0.25) is 5.89 Å². The zero-order chi connectivity index (χ0) is 20.8. The molecule has 150 valence electrons. The highest BCUT2D eigenvalue weighted by Crippen LogP contribution is 2.33. The molecular formula is C24H19NO5.